The third kappa shape index (κ3) is 5.46. The summed E-state index contributed by atoms with van der Waals surface area (Å²) in [5.41, 5.74) is -1.72. The Hall–Kier alpha value is -2.49. The molecule has 1 saturated heterocycles. The zero-order valence-corrected chi connectivity index (χ0v) is 17.7. The molecule has 4 nitrogen and oxygen atoms in total. The van der Waals surface area contributed by atoms with Gasteiger partial charge in [0, 0.05) is 38.8 Å². The Morgan fingerprint density at radius 3 is 2.31 bits per heavy atom. The van der Waals surface area contributed by atoms with Crippen LogP contribution in [0.1, 0.15) is 29.5 Å². The van der Waals surface area contributed by atoms with Gasteiger partial charge in [-0.05, 0) is 30.5 Å². The Morgan fingerprint density at radius 2 is 1.75 bits per heavy atom. The van der Waals surface area contributed by atoms with Crippen LogP contribution in [0.4, 0.5) is 32.2 Å². The zero-order valence-electron chi connectivity index (χ0n) is 17.0. The number of carbonyl (C=O) groups is 1. The minimum atomic E-state index is -4.55. The maximum absolute atomic E-state index is 13.2. The number of benzene rings is 1. The number of nitrogens with zero attached hydrogens (tertiary/aromatic N) is 3. The predicted molar refractivity (Wildman–Crippen MR) is 107 cm³/mol. The maximum atomic E-state index is 13.2. The number of hydrogen-bond donors (Lipinski definition) is 0. The molecule has 2 aromatic rings. The molecule has 0 unspecified atom stereocenters. The van der Waals surface area contributed by atoms with Gasteiger partial charge in [0.05, 0.1) is 16.1 Å². The number of halogens is 7. The van der Waals surface area contributed by atoms with Crippen LogP contribution in [0, 0.1) is 5.92 Å². The second kappa shape index (κ2) is 9.17. The van der Waals surface area contributed by atoms with Gasteiger partial charge < -0.3 is 9.80 Å². The number of pyridine rings is 1. The molecule has 11 heteroatoms. The molecular weight excluding hydrogens is 460 g/mol. The van der Waals surface area contributed by atoms with E-state index in [0.29, 0.717) is 32.1 Å². The van der Waals surface area contributed by atoms with E-state index in [0.717, 1.165) is 12.1 Å². The van der Waals surface area contributed by atoms with Gasteiger partial charge in [0.1, 0.15) is 5.82 Å². The smallest absolute Gasteiger partial charge is 0.355 e. The summed E-state index contributed by atoms with van der Waals surface area (Å²) >= 11 is 5.99. The van der Waals surface area contributed by atoms with Crippen molar-refractivity contribution in [3.63, 3.8) is 0 Å². The highest BCUT2D eigenvalue weighted by atomic mass is 35.5. The third-order valence-corrected chi connectivity index (χ3v) is 5.68. The van der Waals surface area contributed by atoms with Gasteiger partial charge in [-0.15, -0.1) is 0 Å². The number of anilines is 1. The first-order chi connectivity index (χ1) is 14.9. The molecule has 0 N–H and O–H groups in total. The van der Waals surface area contributed by atoms with E-state index < -0.39 is 29.4 Å². The molecule has 0 spiro atoms. The minimum Gasteiger partial charge on any atom is -0.355 e. The molecule has 0 bridgehead atoms. The second-order valence-corrected chi connectivity index (χ2v) is 8.04. The Morgan fingerprint density at radius 1 is 1.12 bits per heavy atom. The maximum Gasteiger partial charge on any atom is 0.417 e. The van der Waals surface area contributed by atoms with Gasteiger partial charge in [-0.1, -0.05) is 29.8 Å². The fraction of sp³-hybridized carbons (Fsp3) is 0.429. The lowest BCUT2D eigenvalue weighted by molar-refractivity contribution is -0.140. The fourth-order valence-corrected chi connectivity index (χ4v) is 4.02. The Labute approximate surface area is 185 Å². The first kappa shape index (κ1) is 24.2. The van der Waals surface area contributed by atoms with E-state index in [1.54, 1.807) is 4.90 Å². The summed E-state index contributed by atoms with van der Waals surface area (Å²) in [5.74, 6) is -0.492. The van der Waals surface area contributed by atoms with Crippen LogP contribution in [0.15, 0.2) is 36.5 Å². The molecule has 1 aromatic carbocycles. The van der Waals surface area contributed by atoms with Crippen molar-refractivity contribution in [2.75, 3.05) is 25.0 Å². The fourth-order valence-electron chi connectivity index (χ4n) is 3.74. The van der Waals surface area contributed by atoms with Gasteiger partial charge >= 0.3 is 12.4 Å². The highest BCUT2D eigenvalue weighted by Crippen LogP contribution is 2.35. The van der Waals surface area contributed by atoms with Gasteiger partial charge in [-0.25, -0.2) is 4.98 Å². The van der Waals surface area contributed by atoms with Gasteiger partial charge in [0.25, 0.3) is 0 Å². The predicted octanol–water partition coefficient (Wildman–Crippen LogP) is 5.65. The monoisotopic (exact) mass is 479 g/mol. The summed E-state index contributed by atoms with van der Waals surface area (Å²) < 4.78 is 77.9. The van der Waals surface area contributed by atoms with Crippen LogP contribution in [0.5, 0.6) is 0 Å². The van der Waals surface area contributed by atoms with Crippen LogP contribution in [0.3, 0.4) is 0 Å². The van der Waals surface area contributed by atoms with E-state index in [4.69, 9.17) is 11.6 Å². The van der Waals surface area contributed by atoms with E-state index in [1.165, 1.54) is 30.1 Å². The number of amides is 1. The summed E-state index contributed by atoms with van der Waals surface area (Å²) in [5, 5.41) is -0.134. The first-order valence-electron chi connectivity index (χ1n) is 9.75. The summed E-state index contributed by atoms with van der Waals surface area (Å²) in [6.45, 7) is 0.490. The van der Waals surface area contributed by atoms with Crippen LogP contribution in [-0.2, 0) is 23.7 Å². The molecule has 0 radical (unpaired) electrons. The first-order valence-corrected chi connectivity index (χ1v) is 10.1. The van der Waals surface area contributed by atoms with Gasteiger partial charge in [0.15, 0.2) is 0 Å². The van der Waals surface area contributed by atoms with E-state index in [9.17, 15) is 31.1 Å². The molecule has 1 aliphatic heterocycles. The van der Waals surface area contributed by atoms with Crippen molar-refractivity contribution >= 4 is 23.3 Å². The molecule has 1 aromatic heterocycles. The number of aromatic nitrogens is 1. The SMILES string of the molecule is CN(Cc1ccccc1C(F)(F)F)C(=O)C1CCN(c2ncc(C(F)(F)F)cc2Cl)CC1. The number of hydrogen-bond acceptors (Lipinski definition) is 3. The third-order valence-electron chi connectivity index (χ3n) is 5.40. The van der Waals surface area contributed by atoms with E-state index in [-0.39, 0.29) is 28.9 Å². The topological polar surface area (TPSA) is 36.4 Å². The van der Waals surface area contributed by atoms with E-state index >= 15 is 0 Å². The van der Waals surface area contributed by atoms with Crippen molar-refractivity contribution in [2.24, 2.45) is 5.92 Å². The Bertz CT molecular complexity index is 971. The van der Waals surface area contributed by atoms with Crippen LogP contribution in [-0.4, -0.2) is 35.9 Å². The Balaban J connectivity index is 1.63. The summed E-state index contributed by atoms with van der Waals surface area (Å²) in [6, 6.07) is 5.92. The van der Waals surface area contributed by atoms with Crippen LogP contribution >= 0.6 is 11.6 Å². The summed E-state index contributed by atoms with van der Waals surface area (Å²) in [6.07, 6.45) is -7.60. The molecule has 32 heavy (non-hydrogen) atoms. The lowest BCUT2D eigenvalue weighted by atomic mass is 9.95. The van der Waals surface area contributed by atoms with Crippen molar-refractivity contribution in [2.45, 2.75) is 31.7 Å². The summed E-state index contributed by atoms with van der Waals surface area (Å²) in [4.78, 5) is 19.6. The molecule has 0 atom stereocenters. The van der Waals surface area contributed by atoms with Crippen LogP contribution in [0.25, 0.3) is 0 Å². The molecule has 0 saturated carbocycles. The zero-order chi connectivity index (χ0) is 23.7. The average molecular weight is 480 g/mol. The standard InChI is InChI=1S/C21H20ClF6N3O/c1-30(12-14-4-2-3-5-16(14)21(26,27)28)19(32)13-6-8-31(9-7-13)18-17(22)10-15(11-29-18)20(23,24)25/h2-5,10-11,13H,6-9,12H2,1H3. The second-order valence-electron chi connectivity index (χ2n) is 7.64. The number of rotatable bonds is 4. The van der Waals surface area contributed by atoms with Gasteiger partial charge in [-0.2, -0.15) is 26.3 Å². The van der Waals surface area contributed by atoms with Gasteiger partial charge in [-0.3, -0.25) is 4.79 Å². The highest BCUT2D eigenvalue weighted by molar-refractivity contribution is 6.33. The highest BCUT2D eigenvalue weighted by Gasteiger charge is 2.35. The molecule has 2 heterocycles. The van der Waals surface area contributed by atoms with Crippen molar-refractivity contribution < 1.29 is 31.1 Å². The van der Waals surface area contributed by atoms with Crippen molar-refractivity contribution in [3.05, 3.63) is 58.2 Å². The average Bonchev–Trinajstić information content (AvgIpc) is 2.72. The van der Waals surface area contributed by atoms with Crippen molar-refractivity contribution in [1.29, 1.82) is 0 Å². The van der Waals surface area contributed by atoms with Crippen molar-refractivity contribution in [1.82, 2.24) is 9.88 Å². The largest absolute Gasteiger partial charge is 0.417 e. The molecule has 1 fully saturated rings. The van der Waals surface area contributed by atoms with Crippen LogP contribution < -0.4 is 4.90 Å². The molecule has 1 aliphatic rings. The Kier molecular flexibility index (Phi) is 6.92. The van der Waals surface area contributed by atoms with E-state index in [1.807, 2.05) is 0 Å². The lowest BCUT2D eigenvalue weighted by Crippen LogP contribution is -2.41. The summed E-state index contributed by atoms with van der Waals surface area (Å²) in [7, 11) is 1.45. The van der Waals surface area contributed by atoms with Crippen molar-refractivity contribution in [3.8, 4) is 0 Å². The normalized spacial score (nSPS) is 15.7. The van der Waals surface area contributed by atoms with Gasteiger partial charge in [0.2, 0.25) is 5.91 Å². The molecule has 1 amide bonds. The molecule has 3 rings (SSSR count). The molecule has 0 aliphatic carbocycles. The molecular formula is C21H20ClF6N3O. The van der Waals surface area contributed by atoms with Crippen LogP contribution in [0.2, 0.25) is 5.02 Å². The lowest BCUT2D eigenvalue weighted by Gasteiger charge is -2.34. The molecule has 174 valence electrons. The number of alkyl halides is 6. The number of piperidine rings is 1. The minimum absolute atomic E-state index is 0.00835. The number of carbonyl (C=O) groups excluding carboxylic acids is 1. The quantitative estimate of drug-likeness (QED) is 0.532. The van der Waals surface area contributed by atoms with E-state index in [2.05, 4.69) is 4.98 Å².